The van der Waals surface area contributed by atoms with Gasteiger partial charge >= 0.3 is 5.97 Å². The molecule has 0 N–H and O–H groups in total. The zero-order valence-corrected chi connectivity index (χ0v) is 12.1. The Balaban J connectivity index is 1.54. The van der Waals surface area contributed by atoms with Gasteiger partial charge in [0.15, 0.2) is 6.29 Å². The smallest absolute Gasteiger partial charge is 0.312 e. The van der Waals surface area contributed by atoms with Crippen molar-refractivity contribution in [3.63, 3.8) is 0 Å². The lowest BCUT2D eigenvalue weighted by atomic mass is 9.76. The van der Waals surface area contributed by atoms with Crippen LogP contribution in [0.5, 0.6) is 0 Å². The highest BCUT2D eigenvalue weighted by Crippen LogP contribution is 2.55. The summed E-state index contributed by atoms with van der Waals surface area (Å²) >= 11 is 0. The Hall–Kier alpha value is -1.43. The summed E-state index contributed by atoms with van der Waals surface area (Å²) in [6, 6.07) is 7.96. The maximum Gasteiger partial charge on any atom is 0.312 e. The fourth-order valence-corrected chi connectivity index (χ4v) is 4.48. The summed E-state index contributed by atoms with van der Waals surface area (Å²) in [7, 11) is 0. The Morgan fingerprint density at radius 3 is 2.50 bits per heavy atom. The minimum absolute atomic E-state index is 0.0543. The predicted molar refractivity (Wildman–Crippen MR) is 74.8 cm³/mol. The van der Waals surface area contributed by atoms with E-state index in [4.69, 9.17) is 18.9 Å². The summed E-state index contributed by atoms with van der Waals surface area (Å²) in [6.45, 7) is 1.20. The molecule has 1 aromatic carbocycles. The van der Waals surface area contributed by atoms with E-state index in [0.29, 0.717) is 13.2 Å². The molecule has 4 saturated heterocycles. The van der Waals surface area contributed by atoms with Crippen LogP contribution < -0.4 is 0 Å². The Kier molecular flexibility index (Phi) is 2.84. The van der Waals surface area contributed by atoms with E-state index in [0.717, 1.165) is 24.0 Å². The van der Waals surface area contributed by atoms with E-state index in [9.17, 15) is 4.79 Å². The maximum atomic E-state index is 12.3. The third-order valence-corrected chi connectivity index (χ3v) is 5.37. The number of esters is 1. The number of rotatable bonds is 2. The molecular formula is C17H18O5. The van der Waals surface area contributed by atoms with Gasteiger partial charge in [-0.15, -0.1) is 0 Å². The zero-order chi connectivity index (χ0) is 14.7. The third kappa shape index (κ3) is 1.73. The van der Waals surface area contributed by atoms with Gasteiger partial charge in [0, 0.05) is 17.0 Å². The molecule has 5 atom stereocenters. The van der Waals surface area contributed by atoms with Crippen LogP contribution in [0.4, 0.5) is 0 Å². The second-order valence-corrected chi connectivity index (χ2v) is 6.45. The first-order valence-electron chi connectivity index (χ1n) is 8.01. The van der Waals surface area contributed by atoms with Gasteiger partial charge in [0.05, 0.1) is 31.3 Å². The van der Waals surface area contributed by atoms with Crippen molar-refractivity contribution in [2.45, 2.75) is 37.4 Å². The largest absolute Gasteiger partial charge is 0.457 e. The molecule has 4 aliphatic heterocycles. The molecule has 22 heavy (non-hydrogen) atoms. The number of benzene rings is 1. The lowest BCUT2D eigenvalue weighted by Crippen LogP contribution is -2.28. The Morgan fingerprint density at radius 1 is 0.955 bits per heavy atom. The van der Waals surface area contributed by atoms with Crippen LogP contribution in [0.25, 0.3) is 0 Å². The van der Waals surface area contributed by atoms with Crippen LogP contribution in [0.2, 0.25) is 0 Å². The summed E-state index contributed by atoms with van der Waals surface area (Å²) < 4.78 is 23.0. The van der Waals surface area contributed by atoms with Crippen molar-refractivity contribution in [2.24, 2.45) is 11.8 Å². The molecule has 0 unspecified atom stereocenters. The van der Waals surface area contributed by atoms with E-state index in [1.165, 1.54) is 0 Å². The van der Waals surface area contributed by atoms with Crippen molar-refractivity contribution in [2.75, 3.05) is 13.2 Å². The van der Waals surface area contributed by atoms with E-state index >= 15 is 0 Å². The van der Waals surface area contributed by atoms with Crippen LogP contribution in [0.1, 0.15) is 36.4 Å². The second-order valence-electron chi connectivity index (χ2n) is 6.45. The normalized spacial score (nSPS) is 40.2. The highest BCUT2D eigenvalue weighted by molar-refractivity contribution is 5.77. The van der Waals surface area contributed by atoms with Gasteiger partial charge in [-0.05, 0) is 12.8 Å². The van der Waals surface area contributed by atoms with Crippen LogP contribution in [0.15, 0.2) is 24.3 Å². The molecule has 1 aromatic rings. The molecule has 4 heterocycles. The van der Waals surface area contributed by atoms with Crippen LogP contribution in [0.3, 0.4) is 0 Å². The van der Waals surface area contributed by atoms with Crippen molar-refractivity contribution in [1.29, 1.82) is 0 Å². The van der Waals surface area contributed by atoms with Gasteiger partial charge in [0.2, 0.25) is 0 Å². The first-order chi connectivity index (χ1) is 10.8. The Morgan fingerprint density at radius 2 is 1.68 bits per heavy atom. The molecule has 2 bridgehead atoms. The number of carbonyl (C=O) groups is 1. The molecule has 4 fully saturated rings. The fourth-order valence-electron chi connectivity index (χ4n) is 4.48. The van der Waals surface area contributed by atoms with Crippen molar-refractivity contribution >= 4 is 5.97 Å². The average molecular weight is 302 g/mol. The van der Waals surface area contributed by atoms with Gasteiger partial charge in [-0.1, -0.05) is 24.3 Å². The number of carbonyl (C=O) groups excluding carboxylic acids is 1. The minimum atomic E-state index is -0.353. The lowest BCUT2D eigenvalue weighted by Gasteiger charge is -2.25. The molecule has 0 aromatic heterocycles. The molecule has 0 aliphatic carbocycles. The average Bonchev–Trinajstić information content (AvgIpc) is 3.31. The summed E-state index contributed by atoms with van der Waals surface area (Å²) in [4.78, 5) is 12.3. The summed E-state index contributed by atoms with van der Waals surface area (Å²) in [6.07, 6.45) is 1.61. The monoisotopic (exact) mass is 302 g/mol. The molecule has 0 saturated carbocycles. The van der Waals surface area contributed by atoms with E-state index < -0.39 is 0 Å². The quantitative estimate of drug-likeness (QED) is 0.783. The van der Waals surface area contributed by atoms with Crippen molar-refractivity contribution in [3.8, 4) is 0 Å². The molecule has 0 spiro atoms. The minimum Gasteiger partial charge on any atom is -0.457 e. The first-order valence-corrected chi connectivity index (χ1v) is 8.01. The van der Waals surface area contributed by atoms with E-state index in [-0.39, 0.29) is 42.4 Å². The summed E-state index contributed by atoms with van der Waals surface area (Å²) in [5, 5.41) is 0. The van der Waals surface area contributed by atoms with Crippen molar-refractivity contribution in [1.82, 2.24) is 0 Å². The summed E-state index contributed by atoms with van der Waals surface area (Å²) in [5.41, 5.74) is 1.98. The van der Waals surface area contributed by atoms with Gasteiger partial charge in [-0.3, -0.25) is 4.79 Å². The van der Waals surface area contributed by atoms with Crippen molar-refractivity contribution < 1.29 is 23.7 Å². The van der Waals surface area contributed by atoms with E-state index in [2.05, 4.69) is 0 Å². The molecule has 5 heteroatoms. The Labute approximate surface area is 128 Å². The van der Waals surface area contributed by atoms with Crippen LogP contribution >= 0.6 is 0 Å². The van der Waals surface area contributed by atoms with Gasteiger partial charge in [0.25, 0.3) is 0 Å². The van der Waals surface area contributed by atoms with Crippen LogP contribution in [-0.4, -0.2) is 31.4 Å². The number of fused-ring (bicyclic) bond motifs is 5. The predicted octanol–water partition coefficient (Wildman–Crippen LogP) is 2.12. The fraction of sp³-hybridized carbons (Fsp3) is 0.588. The number of hydrogen-bond acceptors (Lipinski definition) is 5. The molecule has 0 radical (unpaired) electrons. The van der Waals surface area contributed by atoms with Gasteiger partial charge in [-0.25, -0.2) is 0 Å². The van der Waals surface area contributed by atoms with E-state index in [1.807, 2.05) is 24.3 Å². The lowest BCUT2D eigenvalue weighted by molar-refractivity contribution is -0.147. The standard InChI is InChI=1S/C17H18O5/c18-16-14-12-6-5-11(21-12)13(14)15(22-16)9-3-1-2-4-10(9)17-19-7-8-20-17/h1-4,11-15,17H,5-8H2/t11-,12+,13-,14+,15+/m1/s1. The van der Waals surface area contributed by atoms with Gasteiger partial charge in [-0.2, -0.15) is 0 Å². The molecule has 116 valence electrons. The highest BCUT2D eigenvalue weighted by Gasteiger charge is 2.61. The highest BCUT2D eigenvalue weighted by atomic mass is 16.7. The number of hydrogen-bond donors (Lipinski definition) is 0. The number of ether oxygens (including phenoxy) is 4. The molecule has 4 aliphatic rings. The van der Waals surface area contributed by atoms with Crippen LogP contribution in [0, 0.1) is 11.8 Å². The zero-order valence-electron chi connectivity index (χ0n) is 12.1. The topological polar surface area (TPSA) is 54.0 Å². The first kappa shape index (κ1) is 13.0. The van der Waals surface area contributed by atoms with Crippen LogP contribution in [-0.2, 0) is 23.7 Å². The van der Waals surface area contributed by atoms with E-state index in [1.54, 1.807) is 0 Å². The van der Waals surface area contributed by atoms with Crippen molar-refractivity contribution in [3.05, 3.63) is 35.4 Å². The third-order valence-electron chi connectivity index (χ3n) is 5.37. The van der Waals surface area contributed by atoms with Gasteiger partial charge in [0.1, 0.15) is 6.10 Å². The Bertz CT molecular complexity index is 609. The maximum absolute atomic E-state index is 12.3. The summed E-state index contributed by atoms with van der Waals surface area (Å²) in [5.74, 6) is -0.0683. The van der Waals surface area contributed by atoms with Gasteiger partial charge < -0.3 is 18.9 Å². The molecule has 0 amide bonds. The molecular weight excluding hydrogens is 284 g/mol. The molecule has 5 rings (SSSR count). The second kappa shape index (κ2) is 4.78. The number of cyclic esters (lactones) is 1. The SMILES string of the molecule is O=C1O[C@@H](c2ccccc2C2OCCO2)[C@H]2[C@@H]1[C@@H]1CC[C@H]2O1. The molecule has 5 nitrogen and oxygen atoms in total.